The summed E-state index contributed by atoms with van der Waals surface area (Å²) in [7, 11) is -4.03. The first-order chi connectivity index (χ1) is 6.02. The van der Waals surface area contributed by atoms with Gasteiger partial charge >= 0.3 is 7.82 Å². The second kappa shape index (κ2) is 6.38. The van der Waals surface area contributed by atoms with Gasteiger partial charge in [0.1, 0.15) is 0 Å². The Morgan fingerprint density at radius 1 is 1.67 bits per heavy atom. The summed E-state index contributed by atoms with van der Waals surface area (Å²) >= 11 is 0. The second-order valence-electron chi connectivity index (χ2n) is 2.07. The van der Waals surface area contributed by atoms with E-state index in [1.807, 2.05) is 6.92 Å². The Morgan fingerprint density at radius 3 is 2.83 bits per heavy atom. The van der Waals surface area contributed by atoms with Gasteiger partial charge in [-0.3, -0.25) is 9.05 Å². The van der Waals surface area contributed by atoms with E-state index in [1.165, 1.54) is 6.08 Å². The molecule has 12 heavy (non-hydrogen) atoms. The molecular formula is C7H15O4P. The van der Waals surface area contributed by atoms with Crippen molar-refractivity contribution in [2.75, 3.05) is 13.2 Å². The van der Waals surface area contributed by atoms with Crippen LogP contribution in [-0.4, -0.2) is 18.1 Å². The molecule has 72 valence electrons. The first kappa shape index (κ1) is 9.93. The zero-order chi connectivity index (χ0) is 10.3. The molecule has 0 aliphatic carbocycles. The molecule has 0 heterocycles. The number of phosphoric acid groups is 1. The Balaban J connectivity index is 3.93. The van der Waals surface area contributed by atoms with E-state index >= 15 is 0 Å². The highest BCUT2D eigenvalue weighted by molar-refractivity contribution is 7.47. The molecule has 2 atom stereocenters. The highest BCUT2D eigenvalue weighted by Crippen LogP contribution is 2.42. The van der Waals surface area contributed by atoms with Crippen molar-refractivity contribution in [2.24, 2.45) is 0 Å². The fourth-order valence-electron chi connectivity index (χ4n) is 0.428. The molecule has 4 nitrogen and oxygen atoms in total. The Labute approximate surface area is 74.2 Å². The number of hydrogen-bond acceptors (Lipinski definition) is 3. The predicted molar refractivity (Wildman–Crippen MR) is 46.8 cm³/mol. The molecule has 2 unspecified atom stereocenters. The van der Waals surface area contributed by atoms with E-state index in [1.54, 1.807) is 13.0 Å². The molecule has 5 heteroatoms. The SMILES string of the molecule is [3H]C(/C=C/C)OP(=O)(O)OCCC. The summed E-state index contributed by atoms with van der Waals surface area (Å²) in [5.74, 6) is 0. The molecular weight excluding hydrogens is 179 g/mol. The minimum absolute atomic E-state index is 0.149. The average molecular weight is 196 g/mol. The van der Waals surface area contributed by atoms with Crippen LogP contribution >= 0.6 is 7.82 Å². The normalized spacial score (nSPS) is 20.4. The molecule has 0 aromatic carbocycles. The van der Waals surface area contributed by atoms with Gasteiger partial charge in [-0.05, 0) is 13.3 Å². The molecule has 0 aromatic heterocycles. The monoisotopic (exact) mass is 196 g/mol. The van der Waals surface area contributed by atoms with Crippen molar-refractivity contribution in [2.45, 2.75) is 20.3 Å². The van der Waals surface area contributed by atoms with Crippen LogP contribution < -0.4 is 0 Å². The smallest absolute Gasteiger partial charge is 0.302 e. The van der Waals surface area contributed by atoms with Crippen LogP contribution in [0.2, 0.25) is 0 Å². The molecule has 0 aromatic rings. The van der Waals surface area contributed by atoms with Gasteiger partial charge in [-0.15, -0.1) is 0 Å². The van der Waals surface area contributed by atoms with E-state index in [0.29, 0.717) is 6.42 Å². The van der Waals surface area contributed by atoms with E-state index in [4.69, 9.17) is 6.26 Å². The fourth-order valence-corrected chi connectivity index (χ4v) is 1.13. The molecule has 1 N–H and O–H groups in total. The van der Waals surface area contributed by atoms with Crippen molar-refractivity contribution in [1.29, 1.82) is 0 Å². The Bertz CT molecular complexity index is 207. The van der Waals surface area contributed by atoms with E-state index < -0.39 is 14.4 Å². The summed E-state index contributed by atoms with van der Waals surface area (Å²) in [5.41, 5.74) is 0. The maximum atomic E-state index is 11.0. The summed E-state index contributed by atoms with van der Waals surface area (Å²) in [4.78, 5) is 9.00. The summed E-state index contributed by atoms with van der Waals surface area (Å²) in [5, 5.41) is 0. The van der Waals surface area contributed by atoms with Crippen LogP contribution in [0.25, 0.3) is 0 Å². The highest BCUT2D eigenvalue weighted by Gasteiger charge is 2.18. The molecule has 0 bridgehead atoms. The Hall–Kier alpha value is -0.150. The van der Waals surface area contributed by atoms with Crippen LogP contribution in [0.4, 0.5) is 0 Å². The maximum Gasteiger partial charge on any atom is 0.472 e. The minimum atomic E-state index is -4.03. The quantitative estimate of drug-likeness (QED) is 0.522. The van der Waals surface area contributed by atoms with E-state index in [9.17, 15) is 4.57 Å². The van der Waals surface area contributed by atoms with E-state index in [0.717, 1.165) is 0 Å². The molecule has 0 amide bonds. The molecule has 0 spiro atoms. The summed E-state index contributed by atoms with van der Waals surface area (Å²) < 4.78 is 27.1. The van der Waals surface area contributed by atoms with Crippen molar-refractivity contribution in [1.82, 2.24) is 0 Å². The zero-order valence-corrected chi connectivity index (χ0v) is 8.16. The summed E-state index contributed by atoms with van der Waals surface area (Å²) in [6.45, 7) is 2.50. The van der Waals surface area contributed by atoms with E-state index in [2.05, 4.69) is 9.05 Å². The zero-order valence-electron chi connectivity index (χ0n) is 8.27. The van der Waals surface area contributed by atoms with Gasteiger partial charge in [0.2, 0.25) is 0 Å². The van der Waals surface area contributed by atoms with Gasteiger partial charge in [0.15, 0.2) is 0 Å². The molecule has 0 saturated carbocycles. The minimum Gasteiger partial charge on any atom is -0.302 e. The van der Waals surface area contributed by atoms with Gasteiger partial charge in [-0.1, -0.05) is 19.1 Å². The van der Waals surface area contributed by atoms with Gasteiger partial charge in [0, 0.05) is 0 Å². The number of rotatable bonds is 6. The lowest BCUT2D eigenvalue weighted by atomic mass is 10.5. The van der Waals surface area contributed by atoms with Crippen LogP contribution in [0.15, 0.2) is 12.2 Å². The molecule has 0 fully saturated rings. The largest absolute Gasteiger partial charge is 0.472 e. The van der Waals surface area contributed by atoms with Crippen LogP contribution in [0, 0.1) is 0 Å². The van der Waals surface area contributed by atoms with Crippen molar-refractivity contribution >= 4 is 7.82 Å². The Morgan fingerprint density at radius 2 is 2.33 bits per heavy atom. The lowest BCUT2D eigenvalue weighted by molar-refractivity contribution is 0.161. The van der Waals surface area contributed by atoms with Crippen molar-refractivity contribution < 1.29 is 19.9 Å². The third kappa shape index (κ3) is 6.55. The topological polar surface area (TPSA) is 55.8 Å². The van der Waals surface area contributed by atoms with E-state index in [-0.39, 0.29) is 6.61 Å². The molecule has 0 rings (SSSR count). The summed E-state index contributed by atoms with van der Waals surface area (Å²) in [6.07, 6.45) is 3.54. The molecule has 0 aliphatic heterocycles. The van der Waals surface area contributed by atoms with Gasteiger partial charge < -0.3 is 4.89 Å². The van der Waals surface area contributed by atoms with Gasteiger partial charge in [-0.25, -0.2) is 4.57 Å². The molecule has 0 aliphatic rings. The molecule has 0 saturated heterocycles. The van der Waals surface area contributed by atoms with Crippen molar-refractivity contribution in [3.63, 3.8) is 0 Å². The fraction of sp³-hybridized carbons (Fsp3) is 0.714. The lowest BCUT2D eigenvalue weighted by Crippen LogP contribution is -1.95. The Kier molecular flexibility index (Phi) is 5.28. The van der Waals surface area contributed by atoms with Crippen molar-refractivity contribution in [3.05, 3.63) is 12.2 Å². The average Bonchev–Trinajstić information content (AvgIpc) is 2.00. The third-order valence-electron chi connectivity index (χ3n) is 0.924. The number of hydrogen-bond donors (Lipinski definition) is 1. The number of allylic oxidation sites excluding steroid dienone is 1. The van der Waals surface area contributed by atoms with Crippen LogP contribution in [0.3, 0.4) is 0 Å². The van der Waals surface area contributed by atoms with Crippen LogP contribution in [0.1, 0.15) is 21.6 Å². The van der Waals surface area contributed by atoms with Gasteiger partial charge in [0.05, 0.1) is 14.6 Å². The maximum absolute atomic E-state index is 11.0. The second-order valence-corrected chi connectivity index (χ2v) is 3.48. The lowest BCUT2D eigenvalue weighted by Gasteiger charge is -2.09. The van der Waals surface area contributed by atoms with Gasteiger partial charge in [0.25, 0.3) is 0 Å². The van der Waals surface area contributed by atoms with Crippen LogP contribution in [-0.2, 0) is 13.6 Å². The highest BCUT2D eigenvalue weighted by atomic mass is 31.2. The first-order valence-corrected chi connectivity index (χ1v) is 5.22. The third-order valence-corrected chi connectivity index (χ3v) is 1.82. The summed E-state index contributed by atoms with van der Waals surface area (Å²) in [6, 6.07) is 0. The standard InChI is InChI=1S/C7H15O4P/c1-3-5-7-11-12(8,9)10-6-4-2/h3,5H,4,6-7H2,1-2H3,(H,8,9)/b5-3+/i7T. The number of phosphoric ester groups is 1. The predicted octanol–water partition coefficient (Wildman–Crippen LogP) is 2.11. The van der Waals surface area contributed by atoms with Crippen LogP contribution in [0.5, 0.6) is 0 Å². The molecule has 0 radical (unpaired) electrons. The first-order valence-electron chi connectivity index (χ1n) is 4.30. The van der Waals surface area contributed by atoms with Gasteiger partial charge in [-0.2, -0.15) is 0 Å². The van der Waals surface area contributed by atoms with Crippen molar-refractivity contribution in [3.8, 4) is 0 Å².